The molecule has 2 aromatic rings. The highest BCUT2D eigenvalue weighted by Gasteiger charge is 2.34. The highest BCUT2D eigenvalue weighted by Crippen LogP contribution is 2.36. The summed E-state index contributed by atoms with van der Waals surface area (Å²) in [6, 6.07) is 9.32. The normalized spacial score (nSPS) is 11.0. The second-order valence-corrected chi connectivity index (χ2v) is 5.56. The molecule has 0 radical (unpaired) electrons. The molecule has 2 N–H and O–H groups in total. The van der Waals surface area contributed by atoms with Crippen LogP contribution in [0.3, 0.4) is 0 Å². The lowest BCUT2D eigenvalue weighted by Gasteiger charge is -2.14. The second kappa shape index (κ2) is 8.09. The first-order valence-electron chi connectivity index (χ1n) is 7.30. The van der Waals surface area contributed by atoms with E-state index in [0.717, 1.165) is 6.07 Å². The average Bonchev–Trinajstić information content (AvgIpc) is 2.60. The van der Waals surface area contributed by atoms with E-state index >= 15 is 0 Å². The second-order valence-electron chi connectivity index (χ2n) is 5.12. The predicted octanol–water partition coefficient (Wildman–Crippen LogP) is 3.74. The van der Waals surface area contributed by atoms with Crippen molar-refractivity contribution in [3.63, 3.8) is 0 Å². The van der Waals surface area contributed by atoms with Crippen molar-refractivity contribution < 1.29 is 27.5 Å². The van der Waals surface area contributed by atoms with E-state index in [1.807, 2.05) is 0 Å². The Morgan fingerprint density at radius 1 is 1.15 bits per heavy atom. The number of benzene rings is 2. The zero-order chi connectivity index (χ0) is 19.3. The highest BCUT2D eigenvalue weighted by atomic mass is 35.5. The van der Waals surface area contributed by atoms with Crippen LogP contribution in [-0.4, -0.2) is 25.5 Å². The molecular formula is C17H14ClF3N2O3. The van der Waals surface area contributed by atoms with Crippen LogP contribution in [-0.2, 0) is 11.0 Å². The summed E-state index contributed by atoms with van der Waals surface area (Å²) in [7, 11) is 1.39. The van der Waals surface area contributed by atoms with Crippen molar-refractivity contribution in [2.75, 3.05) is 19.0 Å². The maximum atomic E-state index is 13.0. The molecule has 138 valence electrons. The molecule has 0 spiro atoms. The van der Waals surface area contributed by atoms with Crippen molar-refractivity contribution in [2.24, 2.45) is 0 Å². The molecule has 26 heavy (non-hydrogen) atoms. The minimum atomic E-state index is -4.69. The smallest absolute Gasteiger partial charge is 0.418 e. The largest absolute Gasteiger partial charge is 0.496 e. The molecule has 0 unspecified atom stereocenters. The number of hydrogen-bond donors (Lipinski definition) is 2. The number of halogens is 4. The summed E-state index contributed by atoms with van der Waals surface area (Å²) in [5.41, 5.74) is -1.32. The molecule has 0 saturated heterocycles. The van der Waals surface area contributed by atoms with Crippen LogP contribution in [0.2, 0.25) is 5.02 Å². The number of carbonyl (C=O) groups is 2. The third-order valence-electron chi connectivity index (χ3n) is 3.32. The molecule has 0 aliphatic rings. The lowest BCUT2D eigenvalue weighted by atomic mass is 10.1. The van der Waals surface area contributed by atoms with Crippen LogP contribution in [0.1, 0.15) is 15.9 Å². The van der Waals surface area contributed by atoms with Gasteiger partial charge in [-0.3, -0.25) is 9.59 Å². The summed E-state index contributed by atoms with van der Waals surface area (Å²) in [6.45, 7) is -0.517. The molecule has 0 saturated carbocycles. The maximum absolute atomic E-state index is 13.0. The zero-order valence-electron chi connectivity index (χ0n) is 13.5. The Balaban J connectivity index is 2.05. The third-order valence-corrected chi connectivity index (χ3v) is 3.56. The van der Waals surface area contributed by atoms with E-state index in [1.54, 1.807) is 18.2 Å². The number of rotatable bonds is 5. The molecule has 0 aliphatic heterocycles. The topological polar surface area (TPSA) is 67.4 Å². The van der Waals surface area contributed by atoms with Gasteiger partial charge in [0.05, 0.1) is 30.5 Å². The van der Waals surface area contributed by atoms with Crippen LogP contribution in [0.25, 0.3) is 0 Å². The van der Waals surface area contributed by atoms with Crippen molar-refractivity contribution in [2.45, 2.75) is 6.18 Å². The lowest BCUT2D eigenvalue weighted by Crippen LogP contribution is -2.33. The van der Waals surface area contributed by atoms with Gasteiger partial charge in [-0.25, -0.2) is 0 Å². The van der Waals surface area contributed by atoms with Gasteiger partial charge >= 0.3 is 6.18 Å². The molecule has 2 aromatic carbocycles. The lowest BCUT2D eigenvalue weighted by molar-refractivity contribution is -0.137. The number of amides is 2. The molecule has 5 nitrogen and oxygen atoms in total. The standard InChI is InChI=1S/C17H14ClF3N2O3/c1-26-14-5-3-2-4-11(14)16(25)22-9-15(24)23-13-7-6-10(18)8-12(13)17(19,20)21/h2-8H,9H2,1H3,(H,22,25)(H,23,24). The minimum absolute atomic E-state index is 0.111. The van der Waals surface area contributed by atoms with Gasteiger partial charge in [-0.2, -0.15) is 13.2 Å². The molecule has 2 amide bonds. The van der Waals surface area contributed by atoms with Crippen LogP contribution in [0, 0.1) is 0 Å². The Morgan fingerprint density at radius 3 is 2.50 bits per heavy atom. The van der Waals surface area contributed by atoms with Crippen molar-refractivity contribution in [3.8, 4) is 5.75 Å². The Hall–Kier alpha value is -2.74. The number of para-hydroxylation sites is 1. The van der Waals surface area contributed by atoms with E-state index in [-0.39, 0.29) is 10.6 Å². The van der Waals surface area contributed by atoms with Gasteiger partial charge in [-0.15, -0.1) is 0 Å². The molecule has 0 aromatic heterocycles. The van der Waals surface area contributed by atoms with E-state index in [4.69, 9.17) is 16.3 Å². The predicted molar refractivity (Wildman–Crippen MR) is 90.4 cm³/mol. The Morgan fingerprint density at radius 2 is 1.85 bits per heavy atom. The van der Waals surface area contributed by atoms with Crippen LogP contribution in [0.5, 0.6) is 5.75 Å². The fraction of sp³-hybridized carbons (Fsp3) is 0.176. The van der Waals surface area contributed by atoms with Crippen molar-refractivity contribution >= 4 is 29.1 Å². The fourth-order valence-electron chi connectivity index (χ4n) is 2.14. The number of nitrogens with one attached hydrogen (secondary N) is 2. The Labute approximate surface area is 152 Å². The number of carbonyl (C=O) groups excluding carboxylic acids is 2. The molecule has 0 bridgehead atoms. The number of ether oxygens (including phenoxy) is 1. The third kappa shape index (κ3) is 4.89. The summed E-state index contributed by atoms with van der Waals surface area (Å²) in [5.74, 6) is -1.10. The first kappa shape index (κ1) is 19.6. The maximum Gasteiger partial charge on any atom is 0.418 e. The summed E-state index contributed by atoms with van der Waals surface area (Å²) in [4.78, 5) is 24.0. The quantitative estimate of drug-likeness (QED) is 0.822. The SMILES string of the molecule is COc1ccccc1C(=O)NCC(=O)Nc1ccc(Cl)cc1C(F)(F)F. The molecule has 0 aliphatic carbocycles. The van der Waals surface area contributed by atoms with Gasteiger partial charge in [-0.05, 0) is 30.3 Å². The Kier molecular flexibility index (Phi) is 6.10. The highest BCUT2D eigenvalue weighted by molar-refractivity contribution is 6.30. The molecule has 9 heteroatoms. The first-order chi connectivity index (χ1) is 12.2. The average molecular weight is 387 g/mol. The van der Waals surface area contributed by atoms with E-state index < -0.39 is 35.8 Å². The molecular weight excluding hydrogens is 373 g/mol. The van der Waals surface area contributed by atoms with Gasteiger partial charge in [0.15, 0.2) is 0 Å². The summed E-state index contributed by atoms with van der Waals surface area (Å²) in [6.07, 6.45) is -4.69. The van der Waals surface area contributed by atoms with Crippen molar-refractivity contribution in [3.05, 3.63) is 58.6 Å². The number of hydrogen-bond acceptors (Lipinski definition) is 3. The van der Waals surface area contributed by atoms with Gasteiger partial charge < -0.3 is 15.4 Å². The molecule has 0 heterocycles. The van der Waals surface area contributed by atoms with Gasteiger partial charge in [0.1, 0.15) is 5.75 Å². The Bertz CT molecular complexity index is 825. The van der Waals surface area contributed by atoms with E-state index in [1.165, 1.54) is 19.2 Å². The fourth-order valence-corrected chi connectivity index (χ4v) is 2.31. The first-order valence-corrected chi connectivity index (χ1v) is 7.68. The summed E-state index contributed by atoms with van der Waals surface area (Å²) in [5, 5.41) is 4.33. The number of methoxy groups -OCH3 is 1. The molecule has 0 atom stereocenters. The van der Waals surface area contributed by atoms with Crippen LogP contribution < -0.4 is 15.4 Å². The van der Waals surface area contributed by atoms with Gasteiger partial charge in [0.2, 0.25) is 5.91 Å². The van der Waals surface area contributed by atoms with Crippen molar-refractivity contribution in [1.82, 2.24) is 5.32 Å². The van der Waals surface area contributed by atoms with E-state index in [9.17, 15) is 22.8 Å². The van der Waals surface area contributed by atoms with Gasteiger partial charge in [0, 0.05) is 5.02 Å². The van der Waals surface area contributed by atoms with Gasteiger partial charge in [0.25, 0.3) is 5.91 Å². The summed E-state index contributed by atoms with van der Waals surface area (Å²) < 4.78 is 44.0. The minimum Gasteiger partial charge on any atom is -0.496 e. The van der Waals surface area contributed by atoms with Gasteiger partial charge in [-0.1, -0.05) is 23.7 Å². The summed E-state index contributed by atoms with van der Waals surface area (Å²) >= 11 is 5.58. The van der Waals surface area contributed by atoms with Crippen molar-refractivity contribution in [1.29, 1.82) is 0 Å². The van der Waals surface area contributed by atoms with Crippen LogP contribution >= 0.6 is 11.6 Å². The van der Waals surface area contributed by atoms with Crippen LogP contribution in [0.15, 0.2) is 42.5 Å². The number of alkyl halides is 3. The van der Waals surface area contributed by atoms with E-state index in [2.05, 4.69) is 10.6 Å². The van der Waals surface area contributed by atoms with E-state index in [0.29, 0.717) is 11.8 Å². The zero-order valence-corrected chi connectivity index (χ0v) is 14.2. The molecule has 0 fully saturated rings. The van der Waals surface area contributed by atoms with Crippen LogP contribution in [0.4, 0.5) is 18.9 Å². The monoisotopic (exact) mass is 386 g/mol. The molecule has 2 rings (SSSR count). The number of anilines is 1.